The van der Waals surface area contributed by atoms with E-state index >= 15 is 0 Å². The van der Waals surface area contributed by atoms with Crippen molar-refractivity contribution in [3.8, 4) is 11.3 Å². The standard InChI is InChI=1S/C22H20N4O2S/c1-3-17-21(22(28)26-25-17)19-12-20(16-6-4-5-7-18(16)24-19)29-15-10-8-14(9-11-15)23-13(2)27/h4-12H,3H2,1-2H3,(H,23,27)(H2,25,26,28). The number of fused-ring (bicyclic) bond motifs is 1. The fourth-order valence-electron chi connectivity index (χ4n) is 3.22. The van der Waals surface area contributed by atoms with Crippen LogP contribution in [0.2, 0.25) is 0 Å². The van der Waals surface area contributed by atoms with E-state index in [0.717, 1.165) is 32.1 Å². The number of carbonyl (C=O) groups is 1. The summed E-state index contributed by atoms with van der Waals surface area (Å²) in [6, 6.07) is 17.5. The quantitative estimate of drug-likeness (QED) is 0.454. The van der Waals surface area contributed by atoms with E-state index in [-0.39, 0.29) is 11.5 Å². The summed E-state index contributed by atoms with van der Waals surface area (Å²) in [5.74, 6) is -0.0985. The highest BCUT2D eigenvalue weighted by Crippen LogP contribution is 2.36. The van der Waals surface area contributed by atoms with Gasteiger partial charge in [0.2, 0.25) is 5.91 Å². The molecule has 0 atom stereocenters. The predicted octanol–water partition coefficient (Wildman–Crippen LogP) is 4.59. The highest BCUT2D eigenvalue weighted by Gasteiger charge is 2.15. The number of nitrogens with one attached hydrogen (secondary N) is 3. The van der Waals surface area contributed by atoms with Crippen molar-refractivity contribution in [2.24, 2.45) is 0 Å². The van der Waals surface area contributed by atoms with Crippen LogP contribution in [0.1, 0.15) is 19.5 Å². The van der Waals surface area contributed by atoms with E-state index in [0.29, 0.717) is 17.7 Å². The molecule has 2 aromatic heterocycles. The molecule has 0 bridgehead atoms. The first kappa shape index (κ1) is 19.0. The highest BCUT2D eigenvalue weighted by atomic mass is 32.2. The van der Waals surface area contributed by atoms with Crippen LogP contribution < -0.4 is 10.9 Å². The van der Waals surface area contributed by atoms with Crippen molar-refractivity contribution in [1.82, 2.24) is 15.2 Å². The summed E-state index contributed by atoms with van der Waals surface area (Å²) in [6.07, 6.45) is 0.704. The van der Waals surface area contributed by atoms with Gasteiger partial charge in [-0.15, -0.1) is 0 Å². The number of para-hydroxylation sites is 1. The molecule has 2 heterocycles. The number of benzene rings is 2. The molecule has 0 spiro atoms. The molecule has 4 aromatic rings. The summed E-state index contributed by atoms with van der Waals surface area (Å²) in [4.78, 5) is 30.4. The molecule has 29 heavy (non-hydrogen) atoms. The van der Waals surface area contributed by atoms with Gasteiger partial charge >= 0.3 is 0 Å². The average molecular weight is 404 g/mol. The molecule has 0 aliphatic rings. The molecule has 0 saturated heterocycles. The third-order valence-electron chi connectivity index (χ3n) is 4.55. The van der Waals surface area contributed by atoms with E-state index in [9.17, 15) is 9.59 Å². The Bertz CT molecular complexity index is 1240. The second kappa shape index (κ2) is 7.97. The van der Waals surface area contributed by atoms with Crippen LogP contribution in [0.25, 0.3) is 22.2 Å². The zero-order chi connectivity index (χ0) is 20.4. The zero-order valence-corrected chi connectivity index (χ0v) is 16.9. The largest absolute Gasteiger partial charge is 0.326 e. The molecule has 7 heteroatoms. The average Bonchev–Trinajstić information content (AvgIpc) is 3.09. The van der Waals surface area contributed by atoms with Crippen molar-refractivity contribution >= 4 is 34.3 Å². The van der Waals surface area contributed by atoms with Gasteiger partial charge < -0.3 is 10.4 Å². The van der Waals surface area contributed by atoms with Crippen molar-refractivity contribution in [2.45, 2.75) is 30.1 Å². The normalized spacial score (nSPS) is 11.0. The van der Waals surface area contributed by atoms with Gasteiger partial charge in [-0.2, -0.15) is 0 Å². The van der Waals surface area contributed by atoms with E-state index in [1.807, 2.05) is 61.5 Å². The number of amides is 1. The minimum atomic E-state index is -0.166. The molecule has 2 aromatic carbocycles. The Morgan fingerprint density at radius 1 is 1.10 bits per heavy atom. The zero-order valence-electron chi connectivity index (χ0n) is 16.1. The van der Waals surface area contributed by atoms with Gasteiger partial charge in [0.1, 0.15) is 0 Å². The maximum absolute atomic E-state index is 12.4. The van der Waals surface area contributed by atoms with E-state index in [1.54, 1.807) is 11.8 Å². The third kappa shape index (κ3) is 3.95. The minimum absolute atomic E-state index is 0.0985. The van der Waals surface area contributed by atoms with E-state index < -0.39 is 0 Å². The van der Waals surface area contributed by atoms with E-state index in [1.165, 1.54) is 6.92 Å². The van der Waals surface area contributed by atoms with E-state index in [2.05, 4.69) is 15.5 Å². The number of aromatic nitrogens is 3. The Kier molecular flexibility index (Phi) is 5.22. The molecular weight excluding hydrogens is 384 g/mol. The Labute approximate surface area is 171 Å². The molecule has 0 radical (unpaired) electrons. The molecule has 0 saturated carbocycles. The maximum atomic E-state index is 12.4. The summed E-state index contributed by atoms with van der Waals surface area (Å²) in [5.41, 5.74) is 3.51. The smallest absolute Gasteiger partial charge is 0.273 e. The molecule has 0 fully saturated rings. The lowest BCUT2D eigenvalue weighted by atomic mass is 10.1. The Morgan fingerprint density at radius 3 is 2.59 bits per heavy atom. The number of pyridine rings is 1. The summed E-state index contributed by atoms with van der Waals surface area (Å²) in [6.45, 7) is 3.48. The molecule has 146 valence electrons. The van der Waals surface area contributed by atoms with Gasteiger partial charge in [-0.25, -0.2) is 4.98 Å². The number of H-pyrrole nitrogens is 2. The molecule has 0 aliphatic carbocycles. The van der Waals surface area contributed by atoms with Crippen molar-refractivity contribution in [3.63, 3.8) is 0 Å². The molecule has 0 aliphatic heterocycles. The SMILES string of the molecule is CCc1[nH][nH]c(=O)c1-c1cc(Sc2ccc(NC(C)=O)cc2)c2ccccc2n1. The van der Waals surface area contributed by atoms with Crippen molar-refractivity contribution in [3.05, 3.63) is 70.6 Å². The van der Waals surface area contributed by atoms with Crippen LogP contribution in [0.15, 0.2) is 69.2 Å². The van der Waals surface area contributed by atoms with Gasteiger partial charge in [-0.05, 0) is 42.8 Å². The summed E-state index contributed by atoms with van der Waals surface area (Å²) in [7, 11) is 0. The van der Waals surface area contributed by atoms with Crippen LogP contribution in [0.4, 0.5) is 5.69 Å². The van der Waals surface area contributed by atoms with Gasteiger partial charge in [-0.3, -0.25) is 14.7 Å². The molecule has 1 amide bonds. The van der Waals surface area contributed by atoms with Crippen LogP contribution in [0.3, 0.4) is 0 Å². The number of rotatable bonds is 5. The van der Waals surface area contributed by atoms with E-state index in [4.69, 9.17) is 4.98 Å². The highest BCUT2D eigenvalue weighted by molar-refractivity contribution is 7.99. The predicted molar refractivity (Wildman–Crippen MR) is 116 cm³/mol. The molecule has 0 unspecified atom stereocenters. The van der Waals surface area contributed by atoms with Gasteiger partial charge in [0.25, 0.3) is 5.56 Å². The number of carbonyl (C=O) groups excluding carboxylic acids is 1. The van der Waals surface area contributed by atoms with Crippen molar-refractivity contribution in [1.29, 1.82) is 0 Å². The van der Waals surface area contributed by atoms with Crippen molar-refractivity contribution in [2.75, 3.05) is 5.32 Å². The third-order valence-corrected chi connectivity index (χ3v) is 5.61. The molecule has 3 N–H and O–H groups in total. The number of aryl methyl sites for hydroxylation is 1. The second-order valence-electron chi connectivity index (χ2n) is 6.62. The summed E-state index contributed by atoms with van der Waals surface area (Å²) in [5, 5.41) is 9.40. The Morgan fingerprint density at radius 2 is 1.86 bits per heavy atom. The lowest BCUT2D eigenvalue weighted by molar-refractivity contribution is -0.114. The first-order chi connectivity index (χ1) is 14.0. The second-order valence-corrected chi connectivity index (χ2v) is 7.73. The lowest BCUT2D eigenvalue weighted by Crippen LogP contribution is -2.05. The topological polar surface area (TPSA) is 90.6 Å². The Hall–Kier alpha value is -3.32. The first-order valence-corrected chi connectivity index (χ1v) is 10.1. The molecule has 6 nitrogen and oxygen atoms in total. The first-order valence-electron chi connectivity index (χ1n) is 9.30. The van der Waals surface area contributed by atoms with Crippen molar-refractivity contribution < 1.29 is 4.79 Å². The van der Waals surface area contributed by atoms with Gasteiger partial charge in [0, 0.05) is 33.5 Å². The van der Waals surface area contributed by atoms with Gasteiger partial charge in [0.05, 0.1) is 16.8 Å². The maximum Gasteiger partial charge on any atom is 0.273 e. The summed E-state index contributed by atoms with van der Waals surface area (Å²) < 4.78 is 0. The Balaban J connectivity index is 1.78. The molecular formula is C22H20N4O2S. The number of anilines is 1. The fourth-order valence-corrected chi connectivity index (χ4v) is 4.20. The van der Waals surface area contributed by atoms with Crippen LogP contribution in [-0.2, 0) is 11.2 Å². The molecule has 4 rings (SSSR count). The van der Waals surface area contributed by atoms with Gasteiger partial charge in [-0.1, -0.05) is 36.9 Å². The van der Waals surface area contributed by atoms with Crippen LogP contribution in [-0.4, -0.2) is 21.1 Å². The summed E-state index contributed by atoms with van der Waals surface area (Å²) >= 11 is 1.60. The van der Waals surface area contributed by atoms with Crippen LogP contribution in [0.5, 0.6) is 0 Å². The fraction of sp³-hybridized carbons (Fsp3) is 0.136. The number of hydrogen-bond acceptors (Lipinski definition) is 4. The lowest BCUT2D eigenvalue weighted by Gasteiger charge is -2.10. The number of nitrogens with zero attached hydrogens (tertiary/aromatic N) is 1. The minimum Gasteiger partial charge on any atom is -0.326 e. The monoisotopic (exact) mass is 404 g/mol. The number of hydrogen-bond donors (Lipinski definition) is 3. The van der Waals surface area contributed by atoms with Crippen LogP contribution in [0, 0.1) is 0 Å². The van der Waals surface area contributed by atoms with Crippen LogP contribution >= 0.6 is 11.8 Å². The number of aromatic amines is 2. The van der Waals surface area contributed by atoms with Gasteiger partial charge in [0.15, 0.2) is 0 Å².